The summed E-state index contributed by atoms with van der Waals surface area (Å²) < 4.78 is 8.10. The van der Waals surface area contributed by atoms with Crippen molar-refractivity contribution >= 4 is 5.91 Å². The number of carbonyl (C=O) groups excluding carboxylic acids is 1. The molecule has 2 aliphatic rings. The molecule has 0 spiro atoms. The average Bonchev–Trinajstić information content (AvgIpc) is 3.06. The van der Waals surface area contributed by atoms with E-state index in [4.69, 9.17) is 4.74 Å². The molecule has 2 aliphatic heterocycles. The molecule has 8 nitrogen and oxygen atoms in total. The Morgan fingerprint density at radius 3 is 2.59 bits per heavy atom. The van der Waals surface area contributed by atoms with Crippen molar-refractivity contribution in [2.45, 2.75) is 38.8 Å². The first-order valence-corrected chi connectivity index (χ1v) is 11.6. The summed E-state index contributed by atoms with van der Waals surface area (Å²) in [5.41, 5.74) is 3.95. The standard InChI is InChI=1S/C24H36N6O2/c1-18-12-20(13-19(2)26-18)14-23(31)30-10-11-32-22(24(30)21-15-25-28(4)16-21)17-29-7-5-6-27(3)8-9-29/h12-13,15-16,22,24H,5-11,14,17H2,1-4H3/t22-,24-/m0/s1. The fraction of sp³-hybridized carbons (Fsp3) is 0.625. The van der Waals surface area contributed by atoms with Crippen molar-refractivity contribution in [3.05, 3.63) is 47.0 Å². The maximum absolute atomic E-state index is 13.5. The van der Waals surface area contributed by atoms with Crippen LogP contribution in [0.25, 0.3) is 0 Å². The second-order valence-electron chi connectivity index (χ2n) is 9.28. The molecule has 4 heterocycles. The molecule has 0 saturated carbocycles. The summed E-state index contributed by atoms with van der Waals surface area (Å²) >= 11 is 0. The van der Waals surface area contributed by atoms with Gasteiger partial charge in [0.25, 0.3) is 0 Å². The van der Waals surface area contributed by atoms with Crippen molar-refractivity contribution in [2.24, 2.45) is 7.05 Å². The van der Waals surface area contributed by atoms with Gasteiger partial charge in [0.05, 0.1) is 31.4 Å². The van der Waals surface area contributed by atoms with Gasteiger partial charge in [0.2, 0.25) is 5.91 Å². The van der Waals surface area contributed by atoms with Crippen LogP contribution in [0, 0.1) is 13.8 Å². The number of nitrogens with zero attached hydrogens (tertiary/aromatic N) is 6. The zero-order chi connectivity index (χ0) is 22.7. The fourth-order valence-corrected chi connectivity index (χ4v) is 4.99. The first-order valence-electron chi connectivity index (χ1n) is 11.6. The lowest BCUT2D eigenvalue weighted by molar-refractivity contribution is -0.147. The van der Waals surface area contributed by atoms with Crippen LogP contribution in [0.5, 0.6) is 0 Å². The Labute approximate surface area is 191 Å². The van der Waals surface area contributed by atoms with Crippen LogP contribution in [0.1, 0.15) is 35.0 Å². The monoisotopic (exact) mass is 440 g/mol. The predicted molar refractivity (Wildman–Crippen MR) is 123 cm³/mol. The predicted octanol–water partition coefficient (Wildman–Crippen LogP) is 1.58. The first kappa shape index (κ1) is 22.9. The summed E-state index contributed by atoms with van der Waals surface area (Å²) in [7, 11) is 4.10. The number of morpholine rings is 1. The van der Waals surface area contributed by atoms with Crippen LogP contribution in [0.2, 0.25) is 0 Å². The van der Waals surface area contributed by atoms with E-state index in [1.165, 1.54) is 0 Å². The van der Waals surface area contributed by atoms with E-state index in [0.717, 1.165) is 61.7 Å². The fourth-order valence-electron chi connectivity index (χ4n) is 4.99. The third-order valence-corrected chi connectivity index (χ3v) is 6.49. The molecule has 0 unspecified atom stereocenters. The summed E-state index contributed by atoms with van der Waals surface area (Å²) in [5.74, 6) is 0.132. The minimum absolute atomic E-state index is 0.0683. The molecule has 4 rings (SSSR count). The highest BCUT2D eigenvalue weighted by Crippen LogP contribution is 2.31. The molecule has 2 fully saturated rings. The molecule has 2 atom stereocenters. The minimum Gasteiger partial charge on any atom is -0.373 e. The molecule has 174 valence electrons. The van der Waals surface area contributed by atoms with Gasteiger partial charge < -0.3 is 14.5 Å². The molecule has 0 N–H and O–H groups in total. The van der Waals surface area contributed by atoms with Gasteiger partial charge in [-0.3, -0.25) is 19.4 Å². The maximum Gasteiger partial charge on any atom is 0.227 e. The lowest BCUT2D eigenvalue weighted by Gasteiger charge is -2.42. The average molecular weight is 441 g/mol. The second-order valence-corrected chi connectivity index (χ2v) is 9.28. The highest BCUT2D eigenvalue weighted by Gasteiger charge is 2.38. The smallest absolute Gasteiger partial charge is 0.227 e. The second kappa shape index (κ2) is 10.1. The molecule has 2 saturated heterocycles. The number of aryl methyl sites for hydroxylation is 3. The lowest BCUT2D eigenvalue weighted by Crippen LogP contribution is -2.52. The molecule has 32 heavy (non-hydrogen) atoms. The Hall–Kier alpha value is -2.29. The van der Waals surface area contributed by atoms with E-state index in [0.29, 0.717) is 19.6 Å². The molecular weight excluding hydrogens is 404 g/mol. The SMILES string of the molecule is Cc1cc(CC(=O)N2CCO[C@@H](CN3CCCN(C)CC3)[C@@H]2c2cnn(C)c2)cc(C)n1. The van der Waals surface area contributed by atoms with Crippen molar-refractivity contribution in [3.8, 4) is 0 Å². The number of ether oxygens (including phenoxy) is 1. The van der Waals surface area contributed by atoms with Crippen LogP contribution in [0.4, 0.5) is 0 Å². The van der Waals surface area contributed by atoms with Gasteiger partial charge in [-0.25, -0.2) is 0 Å². The van der Waals surface area contributed by atoms with E-state index in [2.05, 4.69) is 26.9 Å². The third-order valence-electron chi connectivity index (χ3n) is 6.49. The number of aromatic nitrogens is 3. The largest absolute Gasteiger partial charge is 0.373 e. The molecule has 2 aromatic rings. The van der Waals surface area contributed by atoms with Crippen LogP contribution >= 0.6 is 0 Å². The van der Waals surface area contributed by atoms with Gasteiger partial charge in [-0.2, -0.15) is 5.10 Å². The Morgan fingerprint density at radius 1 is 1.09 bits per heavy atom. The van der Waals surface area contributed by atoms with E-state index in [1.54, 1.807) is 4.68 Å². The normalized spacial score (nSPS) is 23.3. The molecule has 0 radical (unpaired) electrons. The molecular formula is C24H36N6O2. The molecule has 2 aromatic heterocycles. The Kier molecular flexibility index (Phi) is 7.23. The van der Waals surface area contributed by atoms with Crippen molar-refractivity contribution in [1.82, 2.24) is 29.5 Å². The minimum atomic E-state index is -0.130. The van der Waals surface area contributed by atoms with E-state index >= 15 is 0 Å². The highest BCUT2D eigenvalue weighted by molar-refractivity contribution is 5.79. The van der Waals surface area contributed by atoms with Gasteiger partial charge in [0.1, 0.15) is 0 Å². The van der Waals surface area contributed by atoms with E-state index in [9.17, 15) is 4.79 Å². The molecule has 1 amide bonds. The number of hydrogen-bond donors (Lipinski definition) is 0. The van der Waals surface area contributed by atoms with Crippen LogP contribution < -0.4 is 0 Å². The van der Waals surface area contributed by atoms with Gasteiger partial charge in [0.15, 0.2) is 0 Å². The molecule has 8 heteroatoms. The van der Waals surface area contributed by atoms with Gasteiger partial charge in [-0.1, -0.05) is 0 Å². The number of hydrogen-bond acceptors (Lipinski definition) is 6. The van der Waals surface area contributed by atoms with Crippen molar-refractivity contribution in [2.75, 3.05) is 52.9 Å². The first-order chi connectivity index (χ1) is 15.4. The quantitative estimate of drug-likeness (QED) is 0.703. The highest BCUT2D eigenvalue weighted by atomic mass is 16.5. The van der Waals surface area contributed by atoms with Gasteiger partial charge in [0, 0.05) is 56.4 Å². The van der Waals surface area contributed by atoms with Gasteiger partial charge >= 0.3 is 0 Å². The van der Waals surface area contributed by atoms with Crippen molar-refractivity contribution in [1.29, 1.82) is 0 Å². The summed E-state index contributed by atoms with van der Waals surface area (Å²) in [4.78, 5) is 24.8. The van der Waals surface area contributed by atoms with E-state index in [1.807, 2.05) is 50.3 Å². The number of carbonyl (C=O) groups is 1. The number of likely N-dealkylation sites (N-methyl/N-ethyl adjacent to an activating group) is 1. The maximum atomic E-state index is 13.5. The lowest BCUT2D eigenvalue weighted by atomic mass is 9.99. The van der Waals surface area contributed by atoms with Crippen LogP contribution in [0.3, 0.4) is 0 Å². The van der Waals surface area contributed by atoms with Gasteiger partial charge in [-0.05, 0) is 58.1 Å². The summed E-state index contributed by atoms with van der Waals surface area (Å²) in [5, 5.41) is 4.39. The topological polar surface area (TPSA) is 66.7 Å². The van der Waals surface area contributed by atoms with Crippen molar-refractivity contribution in [3.63, 3.8) is 0 Å². The van der Waals surface area contributed by atoms with Crippen LogP contribution in [0.15, 0.2) is 24.5 Å². The number of rotatable bonds is 5. The molecule has 0 aromatic carbocycles. The Balaban J connectivity index is 1.55. The van der Waals surface area contributed by atoms with E-state index in [-0.39, 0.29) is 18.1 Å². The van der Waals surface area contributed by atoms with Crippen LogP contribution in [-0.4, -0.2) is 94.4 Å². The number of amides is 1. The summed E-state index contributed by atoms with van der Waals surface area (Å²) in [6.07, 6.45) is 5.36. The molecule has 0 bridgehead atoms. The Bertz CT molecular complexity index is 909. The Morgan fingerprint density at radius 2 is 1.88 bits per heavy atom. The van der Waals surface area contributed by atoms with Crippen molar-refractivity contribution < 1.29 is 9.53 Å². The third kappa shape index (κ3) is 5.54. The van der Waals surface area contributed by atoms with Crippen LogP contribution in [-0.2, 0) is 23.0 Å². The zero-order valence-electron chi connectivity index (χ0n) is 19.8. The molecule has 0 aliphatic carbocycles. The van der Waals surface area contributed by atoms with E-state index < -0.39 is 0 Å². The zero-order valence-corrected chi connectivity index (χ0v) is 19.8. The number of pyridine rings is 1. The summed E-state index contributed by atoms with van der Waals surface area (Å²) in [6.45, 7) is 10.2. The van der Waals surface area contributed by atoms with Gasteiger partial charge in [-0.15, -0.1) is 0 Å². The summed E-state index contributed by atoms with van der Waals surface area (Å²) in [6, 6.07) is 3.89.